The number of aromatic nitrogens is 2. The second-order valence-electron chi connectivity index (χ2n) is 5.58. The summed E-state index contributed by atoms with van der Waals surface area (Å²) in [7, 11) is 0. The lowest BCUT2D eigenvalue weighted by atomic mass is 10.00. The van der Waals surface area contributed by atoms with Crippen LogP contribution < -0.4 is 0 Å². The Kier molecular flexibility index (Phi) is 4.26. The topological polar surface area (TPSA) is 27.1 Å². The van der Waals surface area contributed by atoms with Crippen LogP contribution in [0.5, 0.6) is 0 Å². The van der Waals surface area contributed by atoms with E-state index in [-0.39, 0.29) is 17.2 Å². The fourth-order valence-electron chi connectivity index (χ4n) is 2.96. The van der Waals surface area contributed by atoms with Gasteiger partial charge in [-0.15, -0.1) is 11.6 Å². The Morgan fingerprint density at radius 3 is 2.86 bits per heavy atom. The smallest absolute Gasteiger partial charge is 0.139 e. The molecule has 0 aliphatic carbocycles. The molecule has 3 nitrogen and oxygen atoms in total. The van der Waals surface area contributed by atoms with Crippen LogP contribution in [-0.2, 0) is 4.74 Å². The summed E-state index contributed by atoms with van der Waals surface area (Å²) in [6, 6.07) is 3.41. The van der Waals surface area contributed by atoms with Crippen LogP contribution in [0.3, 0.4) is 0 Å². The third-order valence-electron chi connectivity index (χ3n) is 4.17. The number of hydrogen-bond acceptors (Lipinski definition) is 2. The number of rotatable bonds is 3. The van der Waals surface area contributed by atoms with E-state index in [1.165, 1.54) is 6.07 Å². The first kappa shape index (κ1) is 15.3. The highest BCUT2D eigenvalue weighted by molar-refractivity contribution is 9.10. The van der Waals surface area contributed by atoms with Crippen molar-refractivity contribution in [3.63, 3.8) is 0 Å². The van der Waals surface area contributed by atoms with E-state index in [1.807, 2.05) is 6.92 Å². The van der Waals surface area contributed by atoms with Gasteiger partial charge in [-0.3, -0.25) is 0 Å². The number of hydrogen-bond donors (Lipinski definition) is 0. The van der Waals surface area contributed by atoms with Crippen LogP contribution in [-0.4, -0.2) is 22.8 Å². The van der Waals surface area contributed by atoms with Crippen molar-refractivity contribution in [2.75, 3.05) is 13.2 Å². The first-order chi connectivity index (χ1) is 9.99. The zero-order valence-electron chi connectivity index (χ0n) is 11.9. The molecule has 6 heteroatoms. The molecule has 3 unspecified atom stereocenters. The van der Waals surface area contributed by atoms with Gasteiger partial charge in [0.2, 0.25) is 0 Å². The molecule has 1 fully saturated rings. The van der Waals surface area contributed by atoms with Gasteiger partial charge in [-0.1, -0.05) is 0 Å². The summed E-state index contributed by atoms with van der Waals surface area (Å²) in [6.45, 7) is 5.54. The van der Waals surface area contributed by atoms with Gasteiger partial charge >= 0.3 is 0 Å². The number of ether oxygens (including phenoxy) is 1. The summed E-state index contributed by atoms with van der Waals surface area (Å²) < 4.78 is 21.9. The van der Waals surface area contributed by atoms with E-state index in [0.717, 1.165) is 36.5 Å². The van der Waals surface area contributed by atoms with Gasteiger partial charge in [0.05, 0.1) is 27.5 Å². The highest BCUT2D eigenvalue weighted by Gasteiger charge is 2.28. The summed E-state index contributed by atoms with van der Waals surface area (Å²) in [5, 5.41) is -0.232. The van der Waals surface area contributed by atoms with Crippen molar-refractivity contribution in [2.24, 2.45) is 5.92 Å². The van der Waals surface area contributed by atoms with E-state index in [1.54, 1.807) is 6.07 Å². The molecule has 1 aliphatic rings. The number of halogens is 3. The number of nitrogens with zero attached hydrogens (tertiary/aromatic N) is 2. The molecule has 0 spiro atoms. The number of fused-ring (bicyclic) bond motifs is 1. The quantitative estimate of drug-likeness (QED) is 0.718. The molecule has 1 aromatic carbocycles. The molecular formula is C15H17BrClFN2O. The minimum Gasteiger partial charge on any atom is -0.381 e. The van der Waals surface area contributed by atoms with Crippen LogP contribution in [0.2, 0.25) is 0 Å². The van der Waals surface area contributed by atoms with Gasteiger partial charge in [0.25, 0.3) is 0 Å². The Balaban J connectivity index is 2.17. The van der Waals surface area contributed by atoms with Gasteiger partial charge in [0.15, 0.2) is 0 Å². The van der Waals surface area contributed by atoms with Gasteiger partial charge in [-0.2, -0.15) is 0 Å². The molecule has 1 aliphatic heterocycles. The Labute approximate surface area is 136 Å². The van der Waals surface area contributed by atoms with Crippen molar-refractivity contribution in [2.45, 2.75) is 31.7 Å². The average Bonchev–Trinajstić information content (AvgIpc) is 3.06. The summed E-state index contributed by atoms with van der Waals surface area (Å²) in [6.07, 6.45) is 1.01. The lowest BCUT2D eigenvalue weighted by molar-refractivity contribution is 0.175. The van der Waals surface area contributed by atoms with E-state index < -0.39 is 0 Å². The second kappa shape index (κ2) is 5.86. The monoisotopic (exact) mass is 374 g/mol. The van der Waals surface area contributed by atoms with E-state index in [4.69, 9.17) is 16.3 Å². The van der Waals surface area contributed by atoms with Gasteiger partial charge in [-0.05, 0) is 42.3 Å². The molecule has 1 aromatic heterocycles. The van der Waals surface area contributed by atoms with Crippen molar-refractivity contribution >= 4 is 38.6 Å². The maximum absolute atomic E-state index is 13.9. The predicted molar refractivity (Wildman–Crippen MR) is 85.3 cm³/mol. The van der Waals surface area contributed by atoms with Gasteiger partial charge in [-0.25, -0.2) is 9.37 Å². The minimum absolute atomic E-state index is 0.175. The molecule has 0 amide bonds. The van der Waals surface area contributed by atoms with Crippen LogP contribution in [0.1, 0.15) is 37.5 Å². The van der Waals surface area contributed by atoms with Crippen LogP contribution >= 0.6 is 27.5 Å². The number of imidazole rings is 1. The highest BCUT2D eigenvalue weighted by atomic mass is 79.9. The molecule has 3 rings (SSSR count). The summed E-state index contributed by atoms with van der Waals surface area (Å²) in [5.41, 5.74) is 1.55. The lowest BCUT2D eigenvalue weighted by Gasteiger charge is -2.23. The zero-order chi connectivity index (χ0) is 15.1. The Morgan fingerprint density at radius 1 is 1.48 bits per heavy atom. The highest BCUT2D eigenvalue weighted by Crippen LogP contribution is 2.35. The normalized spacial score (nSPS) is 21.9. The largest absolute Gasteiger partial charge is 0.381 e. The fourth-order valence-corrected chi connectivity index (χ4v) is 3.45. The molecule has 3 atom stereocenters. The standard InChI is InChI=1S/C15H17BrClFN2O/c1-8(17)15-19-13-5-11(16)12(18)6-14(13)20(15)9(2)10-3-4-21-7-10/h5-6,8-10H,3-4,7H2,1-2H3. The van der Waals surface area contributed by atoms with Crippen molar-refractivity contribution in [3.8, 4) is 0 Å². The zero-order valence-corrected chi connectivity index (χ0v) is 14.3. The summed E-state index contributed by atoms with van der Waals surface area (Å²) in [4.78, 5) is 4.60. The first-order valence-electron chi connectivity index (χ1n) is 7.07. The van der Waals surface area contributed by atoms with Gasteiger partial charge < -0.3 is 9.30 Å². The molecule has 0 N–H and O–H groups in total. The second-order valence-corrected chi connectivity index (χ2v) is 7.08. The third kappa shape index (κ3) is 2.71. The van der Waals surface area contributed by atoms with E-state index in [0.29, 0.717) is 10.4 Å². The Bertz CT molecular complexity index is 667. The minimum atomic E-state index is -0.285. The molecule has 114 valence electrons. The van der Waals surface area contributed by atoms with E-state index >= 15 is 0 Å². The maximum Gasteiger partial charge on any atom is 0.139 e. The Hall–Kier alpha value is -0.650. The van der Waals surface area contributed by atoms with Gasteiger partial charge in [0, 0.05) is 24.6 Å². The number of alkyl halides is 1. The van der Waals surface area contributed by atoms with E-state index in [9.17, 15) is 4.39 Å². The van der Waals surface area contributed by atoms with Crippen molar-refractivity contribution in [3.05, 3.63) is 28.2 Å². The molecule has 2 heterocycles. The first-order valence-corrected chi connectivity index (χ1v) is 8.30. The molecule has 0 radical (unpaired) electrons. The average molecular weight is 376 g/mol. The molecule has 0 bridgehead atoms. The lowest BCUT2D eigenvalue weighted by Crippen LogP contribution is -2.19. The predicted octanol–water partition coefficient (Wildman–Crippen LogP) is 4.84. The molecule has 1 saturated heterocycles. The van der Waals surface area contributed by atoms with Crippen LogP contribution in [0, 0.1) is 11.7 Å². The summed E-state index contributed by atoms with van der Waals surface area (Å²) in [5.74, 6) is 0.902. The number of benzene rings is 1. The van der Waals surface area contributed by atoms with Crippen LogP contribution in [0.4, 0.5) is 4.39 Å². The molecular weight excluding hydrogens is 359 g/mol. The van der Waals surface area contributed by atoms with Gasteiger partial charge in [0.1, 0.15) is 11.6 Å². The van der Waals surface area contributed by atoms with Crippen molar-refractivity contribution < 1.29 is 9.13 Å². The fraction of sp³-hybridized carbons (Fsp3) is 0.533. The maximum atomic E-state index is 13.9. The molecule has 21 heavy (non-hydrogen) atoms. The molecule has 0 saturated carbocycles. The van der Waals surface area contributed by atoms with Crippen LogP contribution in [0.15, 0.2) is 16.6 Å². The van der Waals surface area contributed by atoms with Crippen molar-refractivity contribution in [1.29, 1.82) is 0 Å². The molecule has 2 aromatic rings. The van der Waals surface area contributed by atoms with Crippen LogP contribution in [0.25, 0.3) is 11.0 Å². The third-order valence-corrected chi connectivity index (χ3v) is 4.97. The summed E-state index contributed by atoms with van der Waals surface area (Å²) >= 11 is 9.50. The van der Waals surface area contributed by atoms with Crippen molar-refractivity contribution in [1.82, 2.24) is 9.55 Å². The Morgan fingerprint density at radius 2 is 2.24 bits per heavy atom. The van der Waals surface area contributed by atoms with E-state index in [2.05, 4.69) is 32.4 Å². The SMILES string of the molecule is CC(Cl)c1nc2cc(Br)c(F)cc2n1C(C)C1CCOC1.